The minimum Gasteiger partial charge on any atom is -0.504 e. The Morgan fingerprint density at radius 2 is 2.23 bits per heavy atom. The zero-order chi connectivity index (χ0) is 9.42. The Bertz CT molecular complexity index is 450. The first-order valence-electron chi connectivity index (χ1n) is 3.66. The number of aromatic hydroxyl groups is 1. The molecule has 68 valence electrons. The van der Waals surface area contributed by atoms with Crippen LogP contribution in [-0.2, 0) is 0 Å². The standard InChI is InChI=1S/C9H7IO2S/c1-12-9-6(11)2-3-7-8(9)5(10)4-13-7/h2-4,11H,1H3. The van der Waals surface area contributed by atoms with Crippen molar-refractivity contribution in [1.29, 1.82) is 0 Å². The third-order valence-corrected chi connectivity index (χ3v) is 4.05. The number of phenols is 1. The Morgan fingerprint density at radius 1 is 1.46 bits per heavy atom. The van der Waals surface area contributed by atoms with Crippen LogP contribution in [0.3, 0.4) is 0 Å². The van der Waals surface area contributed by atoms with Gasteiger partial charge in [-0.3, -0.25) is 0 Å². The quantitative estimate of drug-likeness (QED) is 0.820. The lowest BCUT2D eigenvalue weighted by molar-refractivity contribution is 0.378. The van der Waals surface area contributed by atoms with Crippen molar-refractivity contribution in [2.75, 3.05) is 7.11 Å². The van der Waals surface area contributed by atoms with E-state index in [1.807, 2.05) is 11.4 Å². The molecule has 0 aliphatic rings. The van der Waals surface area contributed by atoms with Gasteiger partial charge in [-0.25, -0.2) is 0 Å². The maximum Gasteiger partial charge on any atom is 0.170 e. The molecule has 4 heteroatoms. The maximum absolute atomic E-state index is 9.53. The van der Waals surface area contributed by atoms with Crippen LogP contribution in [0.1, 0.15) is 0 Å². The second-order valence-corrected chi connectivity index (χ2v) is 4.65. The number of fused-ring (bicyclic) bond motifs is 1. The Morgan fingerprint density at radius 3 is 2.92 bits per heavy atom. The molecule has 2 aromatic rings. The number of rotatable bonds is 1. The van der Waals surface area contributed by atoms with E-state index in [0.29, 0.717) is 5.75 Å². The number of phenolic OH excluding ortho intramolecular Hbond substituents is 1. The summed E-state index contributed by atoms with van der Waals surface area (Å²) in [4.78, 5) is 0. The molecule has 1 aromatic carbocycles. The van der Waals surface area contributed by atoms with Crippen molar-refractivity contribution in [1.82, 2.24) is 0 Å². The number of halogens is 1. The minimum atomic E-state index is 0.200. The lowest BCUT2D eigenvalue weighted by atomic mass is 10.2. The summed E-state index contributed by atoms with van der Waals surface area (Å²) in [7, 11) is 1.57. The van der Waals surface area contributed by atoms with E-state index in [1.54, 1.807) is 24.5 Å². The molecule has 1 N–H and O–H groups in total. The predicted molar refractivity (Wildman–Crippen MR) is 62.8 cm³/mol. The lowest BCUT2D eigenvalue weighted by Crippen LogP contribution is -1.84. The van der Waals surface area contributed by atoms with E-state index in [9.17, 15) is 5.11 Å². The number of benzene rings is 1. The van der Waals surface area contributed by atoms with Gasteiger partial charge in [0.05, 0.1) is 12.5 Å². The zero-order valence-electron chi connectivity index (χ0n) is 6.87. The highest BCUT2D eigenvalue weighted by Gasteiger charge is 2.11. The summed E-state index contributed by atoms with van der Waals surface area (Å²) in [6.07, 6.45) is 0. The molecule has 0 atom stereocenters. The van der Waals surface area contributed by atoms with Crippen LogP contribution in [-0.4, -0.2) is 12.2 Å². The van der Waals surface area contributed by atoms with Gasteiger partial charge in [0, 0.05) is 13.7 Å². The van der Waals surface area contributed by atoms with Crippen molar-refractivity contribution >= 4 is 44.0 Å². The topological polar surface area (TPSA) is 29.5 Å². The van der Waals surface area contributed by atoms with Crippen LogP contribution in [0.15, 0.2) is 17.5 Å². The molecule has 0 bridgehead atoms. The fraction of sp³-hybridized carbons (Fsp3) is 0.111. The summed E-state index contributed by atoms with van der Waals surface area (Å²) >= 11 is 3.89. The van der Waals surface area contributed by atoms with E-state index in [0.717, 1.165) is 13.7 Å². The van der Waals surface area contributed by atoms with E-state index < -0.39 is 0 Å². The van der Waals surface area contributed by atoms with E-state index in [1.165, 1.54) is 0 Å². The molecule has 13 heavy (non-hydrogen) atoms. The number of methoxy groups -OCH3 is 1. The largest absolute Gasteiger partial charge is 0.504 e. The minimum absolute atomic E-state index is 0.200. The van der Waals surface area contributed by atoms with Gasteiger partial charge in [0.2, 0.25) is 0 Å². The highest BCUT2D eigenvalue weighted by Crippen LogP contribution is 2.40. The summed E-state index contributed by atoms with van der Waals surface area (Å²) in [5.74, 6) is 0.773. The molecule has 0 aliphatic heterocycles. The van der Waals surface area contributed by atoms with Gasteiger partial charge in [-0.2, -0.15) is 0 Å². The van der Waals surface area contributed by atoms with Gasteiger partial charge >= 0.3 is 0 Å². The Hall–Kier alpha value is -0.490. The Labute approximate surface area is 93.3 Å². The fourth-order valence-electron chi connectivity index (χ4n) is 1.26. The molecule has 0 saturated carbocycles. The number of hydrogen-bond donors (Lipinski definition) is 1. The van der Waals surface area contributed by atoms with E-state index in [4.69, 9.17) is 4.74 Å². The van der Waals surface area contributed by atoms with Crippen molar-refractivity contribution in [2.24, 2.45) is 0 Å². The third kappa shape index (κ3) is 1.38. The van der Waals surface area contributed by atoms with Gasteiger partial charge in [0.1, 0.15) is 0 Å². The van der Waals surface area contributed by atoms with E-state index >= 15 is 0 Å². The van der Waals surface area contributed by atoms with Crippen molar-refractivity contribution < 1.29 is 9.84 Å². The first-order chi connectivity index (χ1) is 6.24. The van der Waals surface area contributed by atoms with Gasteiger partial charge in [-0.1, -0.05) is 0 Å². The van der Waals surface area contributed by atoms with Crippen LogP contribution >= 0.6 is 33.9 Å². The Balaban J connectivity index is 2.88. The van der Waals surface area contributed by atoms with Gasteiger partial charge in [-0.05, 0) is 34.7 Å². The van der Waals surface area contributed by atoms with Gasteiger partial charge in [-0.15, -0.1) is 11.3 Å². The van der Waals surface area contributed by atoms with Crippen molar-refractivity contribution in [3.8, 4) is 11.5 Å². The smallest absolute Gasteiger partial charge is 0.170 e. The molecule has 0 aliphatic carbocycles. The van der Waals surface area contributed by atoms with E-state index in [-0.39, 0.29) is 5.75 Å². The molecule has 2 nitrogen and oxygen atoms in total. The molecule has 1 heterocycles. The third-order valence-electron chi connectivity index (χ3n) is 1.83. The average molecular weight is 306 g/mol. The summed E-state index contributed by atoms with van der Waals surface area (Å²) < 4.78 is 7.40. The van der Waals surface area contributed by atoms with Crippen LogP contribution in [0.2, 0.25) is 0 Å². The molecule has 0 amide bonds. The molecule has 0 radical (unpaired) electrons. The maximum atomic E-state index is 9.53. The molecular formula is C9H7IO2S. The number of thiophene rings is 1. The normalized spacial score (nSPS) is 10.6. The van der Waals surface area contributed by atoms with Crippen LogP contribution in [0.4, 0.5) is 0 Å². The molecule has 0 saturated heterocycles. The van der Waals surface area contributed by atoms with Crippen molar-refractivity contribution in [2.45, 2.75) is 0 Å². The average Bonchev–Trinajstić information content (AvgIpc) is 2.49. The molecule has 0 fully saturated rings. The van der Waals surface area contributed by atoms with E-state index in [2.05, 4.69) is 22.6 Å². The summed E-state index contributed by atoms with van der Waals surface area (Å²) in [6.45, 7) is 0. The van der Waals surface area contributed by atoms with Crippen molar-refractivity contribution in [3.05, 3.63) is 21.1 Å². The molecule has 2 rings (SSSR count). The predicted octanol–water partition coefficient (Wildman–Crippen LogP) is 3.22. The monoisotopic (exact) mass is 306 g/mol. The first-order valence-corrected chi connectivity index (χ1v) is 5.62. The second-order valence-electron chi connectivity index (χ2n) is 2.57. The summed E-state index contributed by atoms with van der Waals surface area (Å²) in [6, 6.07) is 3.56. The second kappa shape index (κ2) is 3.34. The van der Waals surface area contributed by atoms with Gasteiger partial charge in [0.25, 0.3) is 0 Å². The van der Waals surface area contributed by atoms with Crippen LogP contribution < -0.4 is 4.74 Å². The van der Waals surface area contributed by atoms with Crippen LogP contribution in [0, 0.1) is 3.57 Å². The van der Waals surface area contributed by atoms with Crippen molar-refractivity contribution in [3.63, 3.8) is 0 Å². The summed E-state index contributed by atoms with van der Waals surface area (Å²) in [5.41, 5.74) is 0. The number of hydrogen-bond acceptors (Lipinski definition) is 3. The molecular weight excluding hydrogens is 299 g/mol. The van der Waals surface area contributed by atoms with Gasteiger partial charge in [0.15, 0.2) is 11.5 Å². The zero-order valence-corrected chi connectivity index (χ0v) is 9.85. The lowest BCUT2D eigenvalue weighted by Gasteiger charge is -2.04. The molecule has 1 aromatic heterocycles. The fourth-order valence-corrected chi connectivity index (χ4v) is 3.17. The number of ether oxygens (including phenoxy) is 1. The van der Waals surface area contributed by atoms with Crippen LogP contribution in [0.5, 0.6) is 11.5 Å². The first kappa shape index (κ1) is 9.08. The highest BCUT2D eigenvalue weighted by molar-refractivity contribution is 14.1. The Kier molecular flexibility index (Phi) is 2.33. The van der Waals surface area contributed by atoms with Gasteiger partial charge < -0.3 is 9.84 Å². The summed E-state index contributed by atoms with van der Waals surface area (Å²) in [5, 5.41) is 12.6. The molecule has 0 unspecified atom stereocenters. The van der Waals surface area contributed by atoms with Crippen LogP contribution in [0.25, 0.3) is 10.1 Å². The molecule has 0 spiro atoms. The highest BCUT2D eigenvalue weighted by atomic mass is 127. The SMILES string of the molecule is COc1c(O)ccc2scc(I)c12.